The minimum atomic E-state index is -0.645. The maximum absolute atomic E-state index is 12.8. The van der Waals surface area contributed by atoms with Crippen LogP contribution in [-0.4, -0.2) is 40.6 Å². The van der Waals surface area contributed by atoms with Gasteiger partial charge < -0.3 is 15.5 Å². The highest BCUT2D eigenvalue weighted by atomic mass is 35.5. The molecule has 0 spiro atoms. The number of nitrogens with zero attached hydrogens (tertiary/aromatic N) is 1. The van der Waals surface area contributed by atoms with Crippen molar-refractivity contribution < 1.29 is 19.2 Å². The molecule has 2 aliphatic heterocycles. The van der Waals surface area contributed by atoms with E-state index >= 15 is 0 Å². The molecular weight excluding hydrogens is 444 g/mol. The van der Waals surface area contributed by atoms with E-state index in [1.54, 1.807) is 25.1 Å². The highest BCUT2D eigenvalue weighted by Crippen LogP contribution is 2.28. The summed E-state index contributed by atoms with van der Waals surface area (Å²) in [5.74, 6) is -1.14. The predicted octanol–water partition coefficient (Wildman–Crippen LogP) is 2.53. The van der Waals surface area contributed by atoms with E-state index in [0.717, 1.165) is 22.4 Å². The van der Waals surface area contributed by atoms with Crippen molar-refractivity contribution in [3.05, 3.63) is 63.7 Å². The molecule has 4 amide bonds. The fourth-order valence-electron chi connectivity index (χ4n) is 4.08. The molecule has 0 aromatic heterocycles. The normalized spacial score (nSPS) is 18.6. The van der Waals surface area contributed by atoms with Crippen LogP contribution in [0.25, 0.3) is 0 Å². The maximum atomic E-state index is 12.8. The summed E-state index contributed by atoms with van der Waals surface area (Å²) in [5, 5.41) is 8.96. The van der Waals surface area contributed by atoms with Crippen LogP contribution in [0.4, 0.5) is 5.69 Å². The van der Waals surface area contributed by atoms with E-state index in [1.165, 1.54) is 4.90 Å². The SMILES string of the molecule is Cc1ccc(NC(C)C(=O)NCc2ccc3c(c2)CN(C2CCC(=O)NC2=O)C3=O)cc1Cl. The van der Waals surface area contributed by atoms with Crippen LogP contribution in [0.3, 0.4) is 0 Å². The summed E-state index contributed by atoms with van der Waals surface area (Å²) in [6.07, 6.45) is 0.541. The Kier molecular flexibility index (Phi) is 6.37. The van der Waals surface area contributed by atoms with Crippen molar-refractivity contribution in [3.63, 3.8) is 0 Å². The van der Waals surface area contributed by atoms with Crippen LogP contribution in [0.1, 0.15) is 46.8 Å². The Morgan fingerprint density at radius 1 is 1.21 bits per heavy atom. The maximum Gasteiger partial charge on any atom is 0.255 e. The molecule has 1 saturated heterocycles. The summed E-state index contributed by atoms with van der Waals surface area (Å²) >= 11 is 6.14. The van der Waals surface area contributed by atoms with E-state index in [4.69, 9.17) is 11.6 Å². The van der Waals surface area contributed by atoms with E-state index in [9.17, 15) is 19.2 Å². The van der Waals surface area contributed by atoms with Gasteiger partial charge in [-0.1, -0.05) is 29.8 Å². The molecular formula is C24H25ClN4O4. The number of halogens is 1. The lowest BCUT2D eigenvalue weighted by atomic mass is 10.0. The van der Waals surface area contributed by atoms with Crippen molar-refractivity contribution in [2.24, 2.45) is 0 Å². The first-order chi connectivity index (χ1) is 15.7. The van der Waals surface area contributed by atoms with E-state index in [2.05, 4.69) is 16.0 Å². The fourth-order valence-corrected chi connectivity index (χ4v) is 4.26. The number of anilines is 1. The minimum Gasteiger partial charge on any atom is -0.374 e. The summed E-state index contributed by atoms with van der Waals surface area (Å²) in [6.45, 7) is 4.28. The lowest BCUT2D eigenvalue weighted by Crippen LogP contribution is -2.52. The standard InChI is InChI=1S/C24H25ClN4O4/c1-13-3-5-17(10-19(13)25)27-14(2)22(31)26-11-15-4-6-18-16(9-15)12-29(24(18)33)20-7-8-21(30)28-23(20)32/h3-6,9-10,14,20,27H,7-8,11-12H2,1-2H3,(H,26,31)(H,28,30,32). The van der Waals surface area contributed by atoms with Gasteiger partial charge in [0.05, 0.1) is 0 Å². The summed E-state index contributed by atoms with van der Waals surface area (Å²) in [7, 11) is 0. The van der Waals surface area contributed by atoms with E-state index in [1.807, 2.05) is 25.1 Å². The van der Waals surface area contributed by atoms with Crippen LogP contribution in [0.2, 0.25) is 5.02 Å². The number of fused-ring (bicyclic) bond motifs is 1. The molecule has 0 radical (unpaired) electrons. The van der Waals surface area contributed by atoms with E-state index in [0.29, 0.717) is 30.1 Å². The first-order valence-electron chi connectivity index (χ1n) is 10.8. The Morgan fingerprint density at radius 2 is 2.00 bits per heavy atom. The molecule has 33 heavy (non-hydrogen) atoms. The molecule has 1 fully saturated rings. The van der Waals surface area contributed by atoms with Crippen molar-refractivity contribution in [1.29, 1.82) is 0 Å². The number of benzene rings is 2. The number of imide groups is 1. The molecule has 9 heteroatoms. The van der Waals surface area contributed by atoms with Gasteiger partial charge in [-0.3, -0.25) is 24.5 Å². The lowest BCUT2D eigenvalue weighted by Gasteiger charge is -2.29. The highest BCUT2D eigenvalue weighted by molar-refractivity contribution is 6.31. The summed E-state index contributed by atoms with van der Waals surface area (Å²) in [6, 6.07) is 9.82. The molecule has 2 aromatic carbocycles. The van der Waals surface area contributed by atoms with Crippen LogP contribution in [0.15, 0.2) is 36.4 Å². The van der Waals surface area contributed by atoms with Crippen molar-refractivity contribution in [2.45, 2.75) is 51.9 Å². The smallest absolute Gasteiger partial charge is 0.255 e. The number of aryl methyl sites for hydroxylation is 1. The number of amides is 4. The van der Waals surface area contributed by atoms with Gasteiger partial charge >= 0.3 is 0 Å². The third kappa shape index (κ3) is 4.85. The molecule has 3 N–H and O–H groups in total. The van der Waals surface area contributed by atoms with Gasteiger partial charge in [0.1, 0.15) is 12.1 Å². The van der Waals surface area contributed by atoms with Gasteiger partial charge in [0.25, 0.3) is 5.91 Å². The number of hydrogen-bond donors (Lipinski definition) is 3. The molecule has 2 unspecified atom stereocenters. The number of carbonyl (C=O) groups is 4. The van der Waals surface area contributed by atoms with Gasteiger partial charge in [-0.05, 0) is 55.2 Å². The predicted molar refractivity (Wildman–Crippen MR) is 124 cm³/mol. The number of piperidine rings is 1. The summed E-state index contributed by atoms with van der Waals surface area (Å²) < 4.78 is 0. The quantitative estimate of drug-likeness (QED) is 0.565. The Morgan fingerprint density at radius 3 is 2.73 bits per heavy atom. The molecule has 8 nitrogen and oxygen atoms in total. The average molecular weight is 469 g/mol. The van der Waals surface area contributed by atoms with Crippen molar-refractivity contribution >= 4 is 40.9 Å². The van der Waals surface area contributed by atoms with Gasteiger partial charge in [0.15, 0.2) is 0 Å². The van der Waals surface area contributed by atoms with Crippen LogP contribution < -0.4 is 16.0 Å². The van der Waals surface area contributed by atoms with Crippen LogP contribution in [0.5, 0.6) is 0 Å². The topological polar surface area (TPSA) is 108 Å². The molecule has 2 aliphatic rings. The molecule has 172 valence electrons. The second-order valence-electron chi connectivity index (χ2n) is 8.44. The van der Waals surface area contributed by atoms with Gasteiger partial charge in [-0.25, -0.2) is 0 Å². The van der Waals surface area contributed by atoms with E-state index < -0.39 is 18.0 Å². The minimum absolute atomic E-state index is 0.173. The lowest BCUT2D eigenvalue weighted by molar-refractivity contribution is -0.137. The van der Waals surface area contributed by atoms with Crippen molar-refractivity contribution in [3.8, 4) is 0 Å². The molecule has 4 rings (SSSR count). The third-order valence-electron chi connectivity index (χ3n) is 6.00. The third-order valence-corrected chi connectivity index (χ3v) is 6.41. The van der Waals surface area contributed by atoms with Crippen molar-refractivity contribution in [1.82, 2.24) is 15.5 Å². The zero-order valence-corrected chi connectivity index (χ0v) is 19.2. The van der Waals surface area contributed by atoms with Crippen LogP contribution in [0, 0.1) is 6.92 Å². The monoisotopic (exact) mass is 468 g/mol. The molecule has 2 heterocycles. The average Bonchev–Trinajstić information content (AvgIpc) is 3.10. The molecule has 2 atom stereocenters. The number of nitrogens with one attached hydrogen (secondary N) is 3. The fraction of sp³-hybridized carbons (Fsp3) is 0.333. The zero-order valence-electron chi connectivity index (χ0n) is 18.4. The zero-order chi connectivity index (χ0) is 23.7. The van der Waals surface area contributed by atoms with Crippen LogP contribution >= 0.6 is 11.6 Å². The Labute approximate surface area is 196 Å². The molecule has 0 bridgehead atoms. The Balaban J connectivity index is 1.36. The molecule has 0 saturated carbocycles. The highest BCUT2D eigenvalue weighted by Gasteiger charge is 2.39. The Bertz CT molecular complexity index is 1150. The van der Waals surface area contributed by atoms with Crippen molar-refractivity contribution in [2.75, 3.05) is 5.32 Å². The summed E-state index contributed by atoms with van der Waals surface area (Å²) in [4.78, 5) is 50.4. The number of carbonyl (C=O) groups excluding carboxylic acids is 4. The number of rotatable bonds is 6. The van der Waals surface area contributed by atoms with Gasteiger partial charge in [0, 0.05) is 35.8 Å². The van der Waals surface area contributed by atoms with E-state index in [-0.39, 0.29) is 24.1 Å². The van der Waals surface area contributed by atoms with Gasteiger partial charge in [-0.15, -0.1) is 0 Å². The summed E-state index contributed by atoms with van der Waals surface area (Å²) in [5.41, 5.74) is 3.92. The Hall–Kier alpha value is -3.39. The van der Waals surface area contributed by atoms with Crippen LogP contribution in [-0.2, 0) is 27.5 Å². The van der Waals surface area contributed by atoms with Gasteiger partial charge in [0.2, 0.25) is 17.7 Å². The molecule has 2 aromatic rings. The molecule has 0 aliphatic carbocycles. The first kappa shape index (κ1) is 22.8. The first-order valence-corrected chi connectivity index (χ1v) is 11.2. The second-order valence-corrected chi connectivity index (χ2v) is 8.85. The second kappa shape index (κ2) is 9.23. The number of hydrogen-bond acceptors (Lipinski definition) is 5. The van der Waals surface area contributed by atoms with Gasteiger partial charge in [-0.2, -0.15) is 0 Å². The largest absolute Gasteiger partial charge is 0.374 e.